The second kappa shape index (κ2) is 9.02. The zero-order valence-electron chi connectivity index (χ0n) is 13.8. The lowest BCUT2D eigenvalue weighted by molar-refractivity contribution is -0.138. The average molecular weight is 347 g/mol. The minimum Gasteiger partial charge on any atom is -0.484 e. The van der Waals surface area contributed by atoms with Gasteiger partial charge in [-0.1, -0.05) is 25.1 Å². The number of amides is 2. The van der Waals surface area contributed by atoms with Crippen molar-refractivity contribution in [2.45, 2.75) is 26.3 Å². The number of thiazole rings is 1. The van der Waals surface area contributed by atoms with E-state index in [9.17, 15) is 9.59 Å². The highest BCUT2D eigenvalue weighted by Gasteiger charge is 2.22. The van der Waals surface area contributed by atoms with Gasteiger partial charge in [-0.3, -0.25) is 9.59 Å². The van der Waals surface area contributed by atoms with Crippen molar-refractivity contribution in [2.75, 3.05) is 18.5 Å². The van der Waals surface area contributed by atoms with Crippen molar-refractivity contribution in [1.82, 2.24) is 9.88 Å². The molecule has 2 amide bonds. The molecular weight excluding hydrogens is 326 g/mol. The molecular formula is C17H21N3O3S. The monoisotopic (exact) mass is 347 g/mol. The fourth-order valence-corrected chi connectivity index (χ4v) is 2.60. The maximum atomic E-state index is 12.5. The molecule has 128 valence electrons. The minimum atomic E-state index is -0.265. The summed E-state index contributed by atoms with van der Waals surface area (Å²) in [7, 11) is 0. The first kappa shape index (κ1) is 17.9. The molecule has 2 aromatic rings. The zero-order chi connectivity index (χ0) is 17.4. The van der Waals surface area contributed by atoms with Crippen LogP contribution in [-0.2, 0) is 9.59 Å². The number of nitrogens with zero attached hydrogens (tertiary/aromatic N) is 2. The van der Waals surface area contributed by atoms with Crippen LogP contribution in [0.25, 0.3) is 0 Å². The number of nitrogens with one attached hydrogen (secondary N) is 1. The van der Waals surface area contributed by atoms with E-state index in [1.54, 1.807) is 23.7 Å². The highest BCUT2D eigenvalue weighted by molar-refractivity contribution is 7.13. The highest BCUT2D eigenvalue weighted by atomic mass is 32.1. The number of hydrogen-bond donors (Lipinski definition) is 1. The van der Waals surface area contributed by atoms with E-state index < -0.39 is 0 Å². The van der Waals surface area contributed by atoms with Crippen LogP contribution in [0.4, 0.5) is 5.13 Å². The molecule has 1 atom stereocenters. The molecule has 7 heteroatoms. The van der Waals surface area contributed by atoms with E-state index in [1.807, 2.05) is 32.0 Å². The lowest BCUT2D eigenvalue weighted by atomic mass is 10.2. The van der Waals surface area contributed by atoms with E-state index in [2.05, 4.69) is 10.3 Å². The molecule has 0 radical (unpaired) electrons. The van der Waals surface area contributed by atoms with Crippen molar-refractivity contribution in [1.29, 1.82) is 0 Å². The summed E-state index contributed by atoms with van der Waals surface area (Å²) in [5, 5.41) is 5.00. The molecule has 24 heavy (non-hydrogen) atoms. The molecule has 0 spiro atoms. The summed E-state index contributed by atoms with van der Waals surface area (Å²) < 4.78 is 5.50. The Morgan fingerprint density at radius 3 is 2.71 bits per heavy atom. The second-order valence-electron chi connectivity index (χ2n) is 5.27. The van der Waals surface area contributed by atoms with Gasteiger partial charge in [0.05, 0.1) is 0 Å². The van der Waals surface area contributed by atoms with Crippen LogP contribution >= 0.6 is 11.3 Å². The maximum absolute atomic E-state index is 12.5. The Labute approximate surface area is 145 Å². The molecule has 1 aromatic carbocycles. The lowest BCUT2D eigenvalue weighted by Crippen LogP contribution is -2.45. The smallest absolute Gasteiger partial charge is 0.261 e. The van der Waals surface area contributed by atoms with E-state index in [4.69, 9.17) is 4.74 Å². The Balaban J connectivity index is 1.93. The van der Waals surface area contributed by atoms with Gasteiger partial charge in [-0.25, -0.2) is 4.98 Å². The molecule has 1 heterocycles. The molecule has 1 N–H and O–H groups in total. The zero-order valence-corrected chi connectivity index (χ0v) is 14.6. The first-order valence-electron chi connectivity index (χ1n) is 7.76. The fourth-order valence-electron chi connectivity index (χ4n) is 2.05. The number of ether oxygens (including phenoxy) is 1. The number of hydrogen-bond acceptors (Lipinski definition) is 5. The molecule has 1 aromatic heterocycles. The molecule has 0 unspecified atom stereocenters. The van der Waals surface area contributed by atoms with Gasteiger partial charge in [-0.05, 0) is 25.5 Å². The van der Waals surface area contributed by atoms with Crippen molar-refractivity contribution in [3.05, 3.63) is 41.9 Å². The van der Waals surface area contributed by atoms with Gasteiger partial charge in [0.25, 0.3) is 5.91 Å². The minimum absolute atomic E-state index is 0.0223. The quantitative estimate of drug-likeness (QED) is 0.797. The Morgan fingerprint density at radius 2 is 2.08 bits per heavy atom. The van der Waals surface area contributed by atoms with Gasteiger partial charge < -0.3 is 15.0 Å². The summed E-state index contributed by atoms with van der Waals surface area (Å²) in [6, 6.07) is 9.08. The van der Waals surface area contributed by atoms with Gasteiger partial charge in [0, 0.05) is 17.6 Å². The molecule has 0 saturated carbocycles. The summed E-state index contributed by atoms with van der Waals surface area (Å²) >= 11 is 1.34. The standard InChI is InChI=1S/C17H21N3O3S/c1-3-13(2)20(11-15(21)19-17-18-9-10-24-17)16(22)12-23-14-7-5-4-6-8-14/h4-10,13H,3,11-12H2,1-2H3,(H,18,19,21)/t13-/m0/s1. The van der Waals surface area contributed by atoms with Crippen LogP contribution in [0.5, 0.6) is 5.75 Å². The number of rotatable bonds is 8. The molecule has 2 rings (SSSR count). The third kappa shape index (κ3) is 5.34. The van der Waals surface area contributed by atoms with Crippen molar-refractivity contribution in [3.8, 4) is 5.75 Å². The van der Waals surface area contributed by atoms with Crippen molar-refractivity contribution in [2.24, 2.45) is 0 Å². The maximum Gasteiger partial charge on any atom is 0.261 e. The van der Waals surface area contributed by atoms with Gasteiger partial charge in [0.1, 0.15) is 12.3 Å². The predicted octanol–water partition coefficient (Wildman–Crippen LogP) is 2.79. The number of benzene rings is 1. The van der Waals surface area contributed by atoms with Gasteiger partial charge >= 0.3 is 0 Å². The van der Waals surface area contributed by atoms with Gasteiger partial charge in [-0.15, -0.1) is 11.3 Å². The van der Waals surface area contributed by atoms with E-state index in [-0.39, 0.29) is 31.0 Å². The van der Waals surface area contributed by atoms with Crippen molar-refractivity contribution >= 4 is 28.3 Å². The third-order valence-electron chi connectivity index (χ3n) is 3.54. The first-order chi connectivity index (χ1) is 11.6. The Bertz CT molecular complexity index is 646. The number of carbonyl (C=O) groups excluding carboxylic acids is 2. The van der Waals surface area contributed by atoms with Crippen LogP contribution in [0, 0.1) is 0 Å². The second-order valence-corrected chi connectivity index (χ2v) is 6.16. The number of anilines is 1. The molecule has 0 fully saturated rings. The SMILES string of the molecule is CC[C@H](C)N(CC(=O)Nc1nccs1)C(=O)COc1ccccc1. The van der Waals surface area contributed by atoms with E-state index in [1.165, 1.54) is 16.2 Å². The average Bonchev–Trinajstić information content (AvgIpc) is 3.10. The number of aromatic nitrogens is 1. The van der Waals surface area contributed by atoms with Crippen LogP contribution in [0.3, 0.4) is 0 Å². The van der Waals surface area contributed by atoms with Crippen LogP contribution in [0.15, 0.2) is 41.9 Å². The summed E-state index contributed by atoms with van der Waals surface area (Å²) in [6.45, 7) is 3.77. The molecule has 0 aliphatic rings. The Hall–Kier alpha value is -2.41. The molecule has 0 saturated heterocycles. The number of carbonyl (C=O) groups is 2. The van der Waals surface area contributed by atoms with Crippen LogP contribution in [0.1, 0.15) is 20.3 Å². The van der Waals surface area contributed by atoms with E-state index in [0.717, 1.165) is 6.42 Å². The van der Waals surface area contributed by atoms with Gasteiger partial charge in [-0.2, -0.15) is 0 Å². The largest absolute Gasteiger partial charge is 0.484 e. The Morgan fingerprint density at radius 1 is 1.33 bits per heavy atom. The molecule has 0 aliphatic carbocycles. The summed E-state index contributed by atoms with van der Waals surface area (Å²) in [5.74, 6) is 0.142. The number of para-hydroxylation sites is 1. The van der Waals surface area contributed by atoms with Crippen LogP contribution in [0.2, 0.25) is 0 Å². The normalized spacial score (nSPS) is 11.6. The van der Waals surface area contributed by atoms with Crippen molar-refractivity contribution in [3.63, 3.8) is 0 Å². The summed E-state index contributed by atoms with van der Waals surface area (Å²) in [5.41, 5.74) is 0. The van der Waals surface area contributed by atoms with Crippen LogP contribution in [-0.4, -0.2) is 40.9 Å². The van der Waals surface area contributed by atoms with Gasteiger partial charge in [0.2, 0.25) is 5.91 Å². The summed E-state index contributed by atoms with van der Waals surface area (Å²) in [4.78, 5) is 30.1. The molecule has 0 aliphatic heterocycles. The predicted molar refractivity (Wildman–Crippen MR) is 94.1 cm³/mol. The third-order valence-corrected chi connectivity index (χ3v) is 4.23. The Kier molecular flexibility index (Phi) is 6.74. The van der Waals surface area contributed by atoms with Crippen LogP contribution < -0.4 is 10.1 Å². The van der Waals surface area contributed by atoms with E-state index in [0.29, 0.717) is 10.9 Å². The fraction of sp³-hybridized carbons (Fsp3) is 0.353. The molecule has 6 nitrogen and oxygen atoms in total. The molecule has 0 bridgehead atoms. The first-order valence-corrected chi connectivity index (χ1v) is 8.64. The van der Waals surface area contributed by atoms with Crippen molar-refractivity contribution < 1.29 is 14.3 Å². The summed E-state index contributed by atoms with van der Waals surface area (Å²) in [6.07, 6.45) is 2.37. The lowest BCUT2D eigenvalue weighted by Gasteiger charge is -2.27. The van der Waals surface area contributed by atoms with E-state index >= 15 is 0 Å². The topological polar surface area (TPSA) is 71.5 Å². The van der Waals surface area contributed by atoms with Gasteiger partial charge in [0.15, 0.2) is 11.7 Å². The highest BCUT2D eigenvalue weighted by Crippen LogP contribution is 2.12.